The van der Waals surface area contributed by atoms with Crippen LogP contribution in [0.15, 0.2) is 53.4 Å². The standard InChI is InChI=1S/C21H22N2O4S/c1-3-27-21(26)17-9-4-5-10-18(17)22-20(25)14-11-19(24)23(13-14)15-7-6-8-16(12-15)28-2/h4-10,12,14H,3,11,13H2,1-2H3,(H,22,25). The third-order valence-corrected chi connectivity index (χ3v) is 5.27. The Balaban J connectivity index is 1.73. The first-order valence-corrected chi connectivity index (χ1v) is 10.3. The first-order chi connectivity index (χ1) is 13.5. The summed E-state index contributed by atoms with van der Waals surface area (Å²) in [6.07, 6.45) is 2.11. The van der Waals surface area contributed by atoms with Gasteiger partial charge >= 0.3 is 5.97 Å². The lowest BCUT2D eigenvalue weighted by Crippen LogP contribution is -2.28. The highest BCUT2D eigenvalue weighted by atomic mass is 32.2. The number of para-hydroxylation sites is 1. The maximum Gasteiger partial charge on any atom is 0.340 e. The van der Waals surface area contributed by atoms with E-state index >= 15 is 0 Å². The van der Waals surface area contributed by atoms with Crippen LogP contribution in [0.2, 0.25) is 0 Å². The van der Waals surface area contributed by atoms with Gasteiger partial charge in [-0.05, 0) is 43.5 Å². The molecule has 2 aromatic carbocycles. The predicted octanol–water partition coefficient (Wildman–Crippen LogP) is 3.58. The number of thioether (sulfide) groups is 1. The van der Waals surface area contributed by atoms with E-state index in [0.717, 1.165) is 10.6 Å². The van der Waals surface area contributed by atoms with Gasteiger partial charge in [0.25, 0.3) is 0 Å². The van der Waals surface area contributed by atoms with Crippen LogP contribution in [-0.4, -0.2) is 37.2 Å². The van der Waals surface area contributed by atoms with Crippen LogP contribution in [0.25, 0.3) is 0 Å². The summed E-state index contributed by atoms with van der Waals surface area (Å²) in [4.78, 5) is 40.0. The Morgan fingerprint density at radius 1 is 1.21 bits per heavy atom. The average Bonchev–Trinajstić information content (AvgIpc) is 3.10. The first kappa shape index (κ1) is 19.9. The molecule has 0 bridgehead atoms. The molecule has 0 saturated carbocycles. The Bertz CT molecular complexity index is 899. The molecule has 1 saturated heterocycles. The molecule has 3 rings (SSSR count). The van der Waals surface area contributed by atoms with Crippen LogP contribution in [0.5, 0.6) is 0 Å². The number of amides is 2. The second-order valence-corrected chi connectivity index (χ2v) is 7.24. The molecule has 1 aliphatic heterocycles. The number of nitrogens with zero attached hydrogens (tertiary/aromatic N) is 1. The highest BCUT2D eigenvalue weighted by molar-refractivity contribution is 7.98. The normalized spacial score (nSPS) is 16.1. The minimum absolute atomic E-state index is 0.0860. The fourth-order valence-electron chi connectivity index (χ4n) is 3.12. The maximum atomic E-state index is 12.7. The SMILES string of the molecule is CCOC(=O)c1ccccc1NC(=O)C1CC(=O)N(c2cccc(SC)c2)C1. The van der Waals surface area contributed by atoms with E-state index in [4.69, 9.17) is 4.74 Å². The maximum absolute atomic E-state index is 12.7. The number of carbonyl (C=O) groups is 3. The summed E-state index contributed by atoms with van der Waals surface area (Å²) < 4.78 is 5.03. The topological polar surface area (TPSA) is 75.7 Å². The number of carbonyl (C=O) groups excluding carboxylic acids is 3. The van der Waals surface area contributed by atoms with Gasteiger partial charge in [-0.25, -0.2) is 4.79 Å². The lowest BCUT2D eigenvalue weighted by Gasteiger charge is -2.17. The molecular weight excluding hydrogens is 376 g/mol. The Hall–Kier alpha value is -2.80. The lowest BCUT2D eigenvalue weighted by atomic mass is 10.1. The fourth-order valence-corrected chi connectivity index (χ4v) is 3.58. The third kappa shape index (κ3) is 4.36. The molecule has 1 heterocycles. The number of benzene rings is 2. The predicted molar refractivity (Wildman–Crippen MR) is 110 cm³/mol. The monoisotopic (exact) mass is 398 g/mol. The fraction of sp³-hybridized carbons (Fsp3) is 0.286. The number of nitrogens with one attached hydrogen (secondary N) is 1. The van der Waals surface area contributed by atoms with Crippen molar-refractivity contribution in [1.82, 2.24) is 0 Å². The molecule has 0 radical (unpaired) electrons. The number of rotatable bonds is 6. The Morgan fingerprint density at radius 2 is 2.00 bits per heavy atom. The Morgan fingerprint density at radius 3 is 2.75 bits per heavy atom. The van der Waals surface area contributed by atoms with Crippen molar-refractivity contribution in [1.29, 1.82) is 0 Å². The summed E-state index contributed by atoms with van der Waals surface area (Å²) in [7, 11) is 0. The average molecular weight is 398 g/mol. The summed E-state index contributed by atoms with van der Waals surface area (Å²) in [5, 5.41) is 2.78. The van der Waals surface area contributed by atoms with Gasteiger partial charge in [-0.2, -0.15) is 0 Å². The highest BCUT2D eigenvalue weighted by Crippen LogP contribution is 2.29. The van der Waals surface area contributed by atoms with Gasteiger partial charge in [-0.3, -0.25) is 9.59 Å². The number of hydrogen-bond donors (Lipinski definition) is 1. The molecule has 7 heteroatoms. The van der Waals surface area contributed by atoms with Gasteiger partial charge in [0.2, 0.25) is 11.8 Å². The zero-order valence-electron chi connectivity index (χ0n) is 15.8. The minimum Gasteiger partial charge on any atom is -0.462 e. The van der Waals surface area contributed by atoms with Crippen LogP contribution in [0.1, 0.15) is 23.7 Å². The van der Waals surface area contributed by atoms with Crippen molar-refractivity contribution in [2.75, 3.05) is 29.6 Å². The number of esters is 1. The second kappa shape index (κ2) is 8.93. The molecule has 1 atom stereocenters. The summed E-state index contributed by atoms with van der Waals surface area (Å²) >= 11 is 1.60. The van der Waals surface area contributed by atoms with E-state index < -0.39 is 11.9 Å². The summed E-state index contributed by atoms with van der Waals surface area (Å²) in [6.45, 7) is 2.29. The Labute approximate surface area is 168 Å². The molecule has 28 heavy (non-hydrogen) atoms. The van der Waals surface area contributed by atoms with Crippen LogP contribution in [0.4, 0.5) is 11.4 Å². The number of hydrogen-bond acceptors (Lipinski definition) is 5. The molecule has 1 unspecified atom stereocenters. The van der Waals surface area contributed by atoms with Crippen LogP contribution in [-0.2, 0) is 14.3 Å². The first-order valence-electron chi connectivity index (χ1n) is 9.05. The van der Waals surface area contributed by atoms with Crippen molar-refractivity contribution >= 4 is 40.9 Å². The van der Waals surface area contributed by atoms with Gasteiger partial charge < -0.3 is 15.0 Å². The van der Waals surface area contributed by atoms with Crippen LogP contribution in [0.3, 0.4) is 0 Å². The van der Waals surface area contributed by atoms with Crippen LogP contribution >= 0.6 is 11.8 Å². The van der Waals surface area contributed by atoms with Crippen molar-refractivity contribution in [3.05, 3.63) is 54.1 Å². The molecule has 0 aliphatic carbocycles. The molecule has 1 fully saturated rings. The zero-order valence-corrected chi connectivity index (χ0v) is 16.6. The third-order valence-electron chi connectivity index (χ3n) is 4.54. The molecule has 1 N–H and O–H groups in total. The summed E-state index contributed by atoms with van der Waals surface area (Å²) in [6, 6.07) is 14.4. The van der Waals surface area contributed by atoms with E-state index in [1.807, 2.05) is 30.5 Å². The summed E-state index contributed by atoms with van der Waals surface area (Å²) in [5.41, 5.74) is 1.48. The largest absolute Gasteiger partial charge is 0.462 e. The van der Waals surface area contributed by atoms with E-state index in [2.05, 4.69) is 5.32 Å². The van der Waals surface area contributed by atoms with Gasteiger partial charge in [-0.1, -0.05) is 18.2 Å². The van der Waals surface area contributed by atoms with Crippen molar-refractivity contribution in [3.63, 3.8) is 0 Å². The molecule has 6 nitrogen and oxygen atoms in total. The van der Waals surface area contributed by atoms with Crippen LogP contribution in [0, 0.1) is 5.92 Å². The van der Waals surface area contributed by atoms with Gasteiger partial charge in [0, 0.05) is 23.5 Å². The van der Waals surface area contributed by atoms with Crippen molar-refractivity contribution in [2.45, 2.75) is 18.2 Å². The van der Waals surface area contributed by atoms with Crippen molar-refractivity contribution in [2.24, 2.45) is 5.92 Å². The van der Waals surface area contributed by atoms with Crippen molar-refractivity contribution in [3.8, 4) is 0 Å². The highest BCUT2D eigenvalue weighted by Gasteiger charge is 2.35. The van der Waals surface area contributed by atoms with E-state index in [0.29, 0.717) is 17.8 Å². The quantitative estimate of drug-likeness (QED) is 0.595. The zero-order chi connectivity index (χ0) is 20.1. The van der Waals surface area contributed by atoms with E-state index in [-0.39, 0.29) is 24.8 Å². The smallest absolute Gasteiger partial charge is 0.340 e. The summed E-state index contributed by atoms with van der Waals surface area (Å²) in [5.74, 6) is -1.34. The molecule has 0 aromatic heterocycles. The minimum atomic E-state index is -0.489. The molecule has 2 aromatic rings. The van der Waals surface area contributed by atoms with Gasteiger partial charge in [0.1, 0.15) is 0 Å². The van der Waals surface area contributed by atoms with Gasteiger partial charge in [0.15, 0.2) is 0 Å². The Kier molecular flexibility index (Phi) is 6.36. The van der Waals surface area contributed by atoms with Gasteiger partial charge in [0.05, 0.1) is 23.8 Å². The molecular formula is C21H22N2O4S. The van der Waals surface area contributed by atoms with Gasteiger partial charge in [-0.15, -0.1) is 11.8 Å². The molecule has 0 spiro atoms. The molecule has 146 valence electrons. The lowest BCUT2D eigenvalue weighted by molar-refractivity contribution is -0.122. The van der Waals surface area contributed by atoms with E-state index in [9.17, 15) is 14.4 Å². The number of ether oxygens (including phenoxy) is 1. The van der Waals surface area contributed by atoms with Crippen molar-refractivity contribution < 1.29 is 19.1 Å². The second-order valence-electron chi connectivity index (χ2n) is 6.36. The van der Waals surface area contributed by atoms with Crippen LogP contribution < -0.4 is 10.2 Å². The van der Waals surface area contributed by atoms with E-state index in [1.165, 1.54) is 0 Å². The molecule has 1 aliphatic rings. The molecule has 2 amide bonds. The van der Waals surface area contributed by atoms with E-state index in [1.54, 1.807) is 47.9 Å². The number of anilines is 2.